The number of hydrogen-bond acceptors (Lipinski definition) is 2. The standard InChI is InChI=1S/C28H42O2/c1-11-27(7,8)20-13-18(5)25(29)22(15-20)24(17(3)4)23-16-21(28(9,10)12-2)14-19(6)26(23)30/h13-17,24,29-30H,11-12H2,1-10H3. The molecule has 0 unspecified atom stereocenters. The summed E-state index contributed by atoms with van der Waals surface area (Å²) in [4.78, 5) is 0. The highest BCUT2D eigenvalue weighted by molar-refractivity contribution is 5.55. The molecule has 0 aliphatic heterocycles. The largest absolute Gasteiger partial charge is 0.507 e. The summed E-state index contributed by atoms with van der Waals surface area (Å²) >= 11 is 0. The molecule has 0 saturated carbocycles. The average Bonchev–Trinajstić information content (AvgIpc) is 2.67. The van der Waals surface area contributed by atoms with Gasteiger partial charge in [0.1, 0.15) is 11.5 Å². The maximum Gasteiger partial charge on any atom is 0.122 e. The second-order valence-electron chi connectivity index (χ2n) is 10.7. The van der Waals surface area contributed by atoms with Gasteiger partial charge in [-0.05, 0) is 65.7 Å². The third kappa shape index (κ3) is 4.53. The minimum Gasteiger partial charge on any atom is -0.507 e. The topological polar surface area (TPSA) is 40.5 Å². The summed E-state index contributed by atoms with van der Waals surface area (Å²) < 4.78 is 0. The van der Waals surface area contributed by atoms with E-state index in [9.17, 15) is 10.2 Å². The van der Waals surface area contributed by atoms with Crippen LogP contribution in [0.2, 0.25) is 0 Å². The van der Waals surface area contributed by atoms with Crippen LogP contribution in [-0.4, -0.2) is 10.2 Å². The highest BCUT2D eigenvalue weighted by Crippen LogP contribution is 2.46. The number of hydrogen-bond donors (Lipinski definition) is 2. The Labute approximate surface area is 184 Å². The first-order valence-electron chi connectivity index (χ1n) is 11.4. The number of aromatic hydroxyl groups is 2. The summed E-state index contributed by atoms with van der Waals surface area (Å²) in [5, 5.41) is 22.2. The van der Waals surface area contributed by atoms with Gasteiger partial charge in [-0.2, -0.15) is 0 Å². The first kappa shape index (κ1) is 24.3. The number of phenolic OH excluding ortho intramolecular Hbond substituents is 2. The lowest BCUT2D eigenvalue weighted by Crippen LogP contribution is -2.19. The zero-order valence-corrected chi connectivity index (χ0v) is 20.8. The lowest BCUT2D eigenvalue weighted by atomic mass is 9.74. The number of phenols is 2. The molecule has 2 aromatic rings. The van der Waals surface area contributed by atoms with Crippen LogP contribution < -0.4 is 0 Å². The molecule has 2 aromatic carbocycles. The fraction of sp³-hybridized carbons (Fsp3) is 0.571. The van der Waals surface area contributed by atoms with Crippen LogP contribution >= 0.6 is 0 Å². The van der Waals surface area contributed by atoms with Crippen LogP contribution in [0.3, 0.4) is 0 Å². The van der Waals surface area contributed by atoms with Crippen molar-refractivity contribution in [1.29, 1.82) is 0 Å². The lowest BCUT2D eigenvalue weighted by molar-refractivity contribution is 0.427. The molecule has 2 heteroatoms. The van der Waals surface area contributed by atoms with Gasteiger partial charge in [-0.25, -0.2) is 0 Å². The molecule has 0 atom stereocenters. The summed E-state index contributed by atoms with van der Waals surface area (Å²) in [6, 6.07) is 8.56. The minimum atomic E-state index is -0.0809. The van der Waals surface area contributed by atoms with E-state index in [1.807, 2.05) is 13.8 Å². The lowest BCUT2D eigenvalue weighted by Gasteiger charge is -2.31. The van der Waals surface area contributed by atoms with Crippen molar-refractivity contribution >= 4 is 0 Å². The molecule has 2 rings (SSSR count). The van der Waals surface area contributed by atoms with E-state index in [2.05, 4.69) is 79.7 Å². The molecular weight excluding hydrogens is 368 g/mol. The maximum absolute atomic E-state index is 11.1. The van der Waals surface area contributed by atoms with Crippen molar-refractivity contribution in [2.45, 2.75) is 98.8 Å². The van der Waals surface area contributed by atoms with Crippen molar-refractivity contribution in [3.8, 4) is 11.5 Å². The van der Waals surface area contributed by atoms with Crippen LogP contribution in [0.5, 0.6) is 11.5 Å². The Hall–Kier alpha value is -1.96. The van der Waals surface area contributed by atoms with E-state index in [0.29, 0.717) is 11.5 Å². The van der Waals surface area contributed by atoms with E-state index in [-0.39, 0.29) is 22.7 Å². The summed E-state index contributed by atoms with van der Waals surface area (Å²) in [7, 11) is 0. The Morgan fingerprint density at radius 3 is 1.30 bits per heavy atom. The minimum absolute atomic E-state index is 0.0265. The monoisotopic (exact) mass is 410 g/mol. The highest BCUT2D eigenvalue weighted by Gasteiger charge is 2.30. The Morgan fingerprint density at radius 1 is 0.700 bits per heavy atom. The molecule has 0 aliphatic rings. The van der Waals surface area contributed by atoms with Crippen LogP contribution in [0.25, 0.3) is 0 Å². The first-order chi connectivity index (χ1) is 13.8. The molecule has 2 nitrogen and oxygen atoms in total. The maximum atomic E-state index is 11.1. The normalized spacial score (nSPS) is 12.8. The SMILES string of the molecule is CCC(C)(C)c1cc(C)c(O)c(C(c2cc(C(C)(C)CC)cc(C)c2O)C(C)C)c1. The molecule has 0 radical (unpaired) electrons. The fourth-order valence-corrected chi connectivity index (χ4v) is 4.16. The molecule has 0 fully saturated rings. The van der Waals surface area contributed by atoms with E-state index in [4.69, 9.17) is 0 Å². The van der Waals surface area contributed by atoms with Crippen LogP contribution in [0.15, 0.2) is 24.3 Å². The summed E-state index contributed by atoms with van der Waals surface area (Å²) in [6.07, 6.45) is 2.04. The van der Waals surface area contributed by atoms with Crippen molar-refractivity contribution in [2.75, 3.05) is 0 Å². The van der Waals surface area contributed by atoms with Gasteiger partial charge >= 0.3 is 0 Å². The van der Waals surface area contributed by atoms with Gasteiger partial charge in [0.15, 0.2) is 0 Å². The zero-order chi connectivity index (χ0) is 23.0. The summed E-state index contributed by atoms with van der Waals surface area (Å²) in [5.41, 5.74) is 6.17. The molecule has 0 saturated heterocycles. The Kier molecular flexibility index (Phi) is 7.01. The molecule has 30 heavy (non-hydrogen) atoms. The van der Waals surface area contributed by atoms with Crippen LogP contribution in [-0.2, 0) is 10.8 Å². The van der Waals surface area contributed by atoms with Gasteiger partial charge < -0.3 is 10.2 Å². The average molecular weight is 411 g/mol. The Morgan fingerprint density at radius 2 is 1.03 bits per heavy atom. The smallest absolute Gasteiger partial charge is 0.122 e. The predicted molar refractivity (Wildman–Crippen MR) is 129 cm³/mol. The van der Waals surface area contributed by atoms with Gasteiger partial charge in [-0.1, -0.05) is 79.7 Å². The molecule has 0 aromatic heterocycles. The molecule has 0 aliphatic carbocycles. The van der Waals surface area contributed by atoms with Crippen molar-refractivity contribution < 1.29 is 10.2 Å². The molecule has 166 valence electrons. The van der Waals surface area contributed by atoms with Gasteiger partial charge in [0.05, 0.1) is 0 Å². The second-order valence-corrected chi connectivity index (χ2v) is 10.7. The van der Waals surface area contributed by atoms with Gasteiger partial charge in [-0.3, -0.25) is 0 Å². The van der Waals surface area contributed by atoms with Crippen molar-refractivity contribution in [1.82, 2.24) is 0 Å². The summed E-state index contributed by atoms with van der Waals surface area (Å²) in [5.74, 6) is 0.839. The predicted octanol–water partition coefficient (Wildman–Crippen LogP) is 7.88. The van der Waals surface area contributed by atoms with Gasteiger partial charge in [0, 0.05) is 17.0 Å². The number of rotatable bonds is 7. The van der Waals surface area contributed by atoms with E-state index < -0.39 is 0 Å². The van der Waals surface area contributed by atoms with E-state index in [0.717, 1.165) is 35.1 Å². The van der Waals surface area contributed by atoms with Crippen molar-refractivity contribution in [2.24, 2.45) is 5.92 Å². The number of aryl methyl sites for hydroxylation is 2. The van der Waals surface area contributed by atoms with Crippen LogP contribution in [0, 0.1) is 19.8 Å². The quantitative estimate of drug-likeness (QED) is 0.487. The highest BCUT2D eigenvalue weighted by atomic mass is 16.3. The number of benzene rings is 2. The molecular formula is C28H42O2. The molecule has 0 amide bonds. The van der Waals surface area contributed by atoms with Crippen LogP contribution in [0.1, 0.15) is 108 Å². The van der Waals surface area contributed by atoms with Gasteiger partial charge in [-0.15, -0.1) is 0 Å². The Bertz CT molecular complexity index is 832. The first-order valence-corrected chi connectivity index (χ1v) is 11.4. The zero-order valence-electron chi connectivity index (χ0n) is 20.8. The van der Waals surface area contributed by atoms with E-state index in [1.165, 1.54) is 11.1 Å². The van der Waals surface area contributed by atoms with Gasteiger partial charge in [0.25, 0.3) is 0 Å². The van der Waals surface area contributed by atoms with Crippen LogP contribution in [0.4, 0.5) is 0 Å². The van der Waals surface area contributed by atoms with Crippen molar-refractivity contribution in [3.05, 3.63) is 57.6 Å². The van der Waals surface area contributed by atoms with E-state index in [1.54, 1.807) is 0 Å². The van der Waals surface area contributed by atoms with Gasteiger partial charge in [0.2, 0.25) is 0 Å². The third-order valence-corrected chi connectivity index (χ3v) is 7.33. The third-order valence-electron chi connectivity index (χ3n) is 7.33. The molecule has 0 heterocycles. The second kappa shape index (κ2) is 8.65. The molecule has 2 N–H and O–H groups in total. The van der Waals surface area contributed by atoms with Crippen molar-refractivity contribution in [3.63, 3.8) is 0 Å². The summed E-state index contributed by atoms with van der Waals surface area (Å²) in [6.45, 7) is 21.7. The molecule has 0 bridgehead atoms. The molecule has 0 spiro atoms. The van der Waals surface area contributed by atoms with E-state index >= 15 is 0 Å². The Balaban J connectivity index is 2.82. The fourth-order valence-electron chi connectivity index (χ4n) is 4.16.